The minimum atomic E-state index is -4.69. The third kappa shape index (κ3) is 3.78. The Kier molecular flexibility index (Phi) is 3.73. The van der Waals surface area contributed by atoms with Crippen LogP contribution in [0.5, 0.6) is 5.75 Å². The Balaban J connectivity index is 2.19. The molecule has 1 fully saturated rings. The van der Waals surface area contributed by atoms with Crippen LogP contribution in [0.1, 0.15) is 26.7 Å². The van der Waals surface area contributed by atoms with Crippen molar-refractivity contribution in [2.45, 2.75) is 39.1 Å². The van der Waals surface area contributed by atoms with Gasteiger partial charge in [0.05, 0.1) is 5.69 Å². The summed E-state index contributed by atoms with van der Waals surface area (Å²) in [6, 6.07) is 4.70. The van der Waals surface area contributed by atoms with Gasteiger partial charge >= 0.3 is 6.36 Å². The summed E-state index contributed by atoms with van der Waals surface area (Å²) in [6.45, 7) is 4.10. The summed E-state index contributed by atoms with van der Waals surface area (Å²) in [5, 5.41) is 3.12. The number of hydrogen-bond donors (Lipinski definition) is 1. The van der Waals surface area contributed by atoms with Gasteiger partial charge in [-0.2, -0.15) is 0 Å². The molecule has 6 heteroatoms. The first-order valence-electron chi connectivity index (χ1n) is 6.01. The normalized spacial score (nSPS) is 18.8. The van der Waals surface area contributed by atoms with Crippen molar-refractivity contribution < 1.29 is 17.9 Å². The van der Waals surface area contributed by atoms with Crippen LogP contribution in [0, 0.1) is 5.41 Å². The predicted octanol–water partition coefficient (Wildman–Crippen LogP) is 4.95. The lowest BCUT2D eigenvalue weighted by atomic mass is 10.0. The van der Waals surface area contributed by atoms with Crippen LogP contribution in [0.25, 0.3) is 0 Å². The molecular weight excluding hydrogens is 323 g/mol. The molecule has 0 amide bonds. The van der Waals surface area contributed by atoms with E-state index in [2.05, 4.69) is 32.9 Å². The molecule has 0 saturated heterocycles. The number of halogens is 4. The lowest BCUT2D eigenvalue weighted by molar-refractivity contribution is -0.274. The lowest BCUT2D eigenvalue weighted by Gasteiger charge is -2.23. The average molecular weight is 338 g/mol. The summed E-state index contributed by atoms with van der Waals surface area (Å²) in [7, 11) is 0. The standard InChI is InChI=1S/C13H15BrF3NO/c1-8(12(2)5-6-12)18-10-4-3-9(14)7-11(10)19-13(15,16)17/h3-4,7-8,18H,5-6H2,1-2H3. The Morgan fingerprint density at radius 3 is 2.53 bits per heavy atom. The molecule has 0 heterocycles. The fraction of sp³-hybridized carbons (Fsp3) is 0.538. The van der Waals surface area contributed by atoms with Crippen LogP contribution in [-0.4, -0.2) is 12.4 Å². The molecule has 1 aromatic carbocycles. The lowest BCUT2D eigenvalue weighted by Crippen LogP contribution is -2.26. The highest BCUT2D eigenvalue weighted by atomic mass is 79.9. The first kappa shape index (κ1) is 14.5. The molecule has 2 rings (SSSR count). The SMILES string of the molecule is CC(Nc1ccc(Br)cc1OC(F)(F)F)C1(C)CC1. The topological polar surface area (TPSA) is 21.3 Å². The fourth-order valence-electron chi connectivity index (χ4n) is 1.86. The molecule has 106 valence electrons. The van der Waals surface area contributed by atoms with Gasteiger partial charge in [0.15, 0.2) is 5.75 Å². The predicted molar refractivity (Wildman–Crippen MR) is 71.3 cm³/mol. The number of rotatable bonds is 4. The van der Waals surface area contributed by atoms with Crippen LogP contribution in [0.2, 0.25) is 0 Å². The van der Waals surface area contributed by atoms with Crippen molar-refractivity contribution in [3.05, 3.63) is 22.7 Å². The van der Waals surface area contributed by atoms with Crippen LogP contribution in [-0.2, 0) is 0 Å². The number of hydrogen-bond acceptors (Lipinski definition) is 2. The molecule has 1 saturated carbocycles. The molecule has 1 unspecified atom stereocenters. The van der Waals surface area contributed by atoms with Crippen LogP contribution in [0.3, 0.4) is 0 Å². The van der Waals surface area contributed by atoms with Crippen LogP contribution >= 0.6 is 15.9 Å². The largest absolute Gasteiger partial charge is 0.573 e. The molecule has 0 spiro atoms. The molecular formula is C13H15BrF3NO. The first-order chi connectivity index (χ1) is 8.70. The van der Waals surface area contributed by atoms with E-state index >= 15 is 0 Å². The maximum absolute atomic E-state index is 12.4. The highest BCUT2D eigenvalue weighted by molar-refractivity contribution is 9.10. The van der Waals surface area contributed by atoms with Crippen LogP contribution in [0.4, 0.5) is 18.9 Å². The van der Waals surface area contributed by atoms with Gasteiger partial charge in [0.25, 0.3) is 0 Å². The summed E-state index contributed by atoms with van der Waals surface area (Å²) in [5.41, 5.74) is 0.531. The maximum atomic E-state index is 12.4. The van der Waals surface area contributed by atoms with E-state index in [1.807, 2.05) is 6.92 Å². The molecule has 0 bridgehead atoms. The second kappa shape index (κ2) is 4.89. The molecule has 2 nitrogen and oxygen atoms in total. The Labute approximate surface area is 118 Å². The second-order valence-corrected chi connectivity index (χ2v) is 6.12. The highest BCUT2D eigenvalue weighted by Gasteiger charge is 2.43. The number of anilines is 1. The molecule has 19 heavy (non-hydrogen) atoms. The zero-order valence-corrected chi connectivity index (χ0v) is 12.2. The monoisotopic (exact) mass is 337 g/mol. The van der Waals surface area contributed by atoms with Gasteiger partial charge in [0.2, 0.25) is 0 Å². The molecule has 1 atom stereocenters. The van der Waals surface area contributed by atoms with E-state index in [0.29, 0.717) is 10.2 Å². The van der Waals surface area contributed by atoms with Crippen molar-refractivity contribution in [3.8, 4) is 5.75 Å². The van der Waals surface area contributed by atoms with Gasteiger partial charge < -0.3 is 10.1 Å². The fourth-order valence-corrected chi connectivity index (χ4v) is 2.20. The number of alkyl halides is 3. The average Bonchev–Trinajstić information content (AvgIpc) is 2.99. The van der Waals surface area contributed by atoms with Crippen molar-refractivity contribution in [1.29, 1.82) is 0 Å². The molecule has 0 aromatic heterocycles. The molecule has 1 aromatic rings. The highest BCUT2D eigenvalue weighted by Crippen LogP contribution is 2.49. The summed E-state index contributed by atoms with van der Waals surface area (Å²) >= 11 is 3.15. The maximum Gasteiger partial charge on any atom is 0.573 e. The van der Waals surface area contributed by atoms with Gasteiger partial charge in [0, 0.05) is 10.5 Å². The summed E-state index contributed by atoms with van der Waals surface area (Å²) < 4.78 is 41.7. The zero-order chi connectivity index (χ0) is 14.3. The van der Waals surface area contributed by atoms with Gasteiger partial charge in [-0.15, -0.1) is 13.2 Å². The van der Waals surface area contributed by atoms with Crippen molar-refractivity contribution in [2.75, 3.05) is 5.32 Å². The van der Waals surface area contributed by atoms with Gasteiger partial charge in [0.1, 0.15) is 0 Å². The summed E-state index contributed by atoms with van der Waals surface area (Å²) in [5.74, 6) is -0.210. The van der Waals surface area contributed by atoms with Crippen LogP contribution in [0.15, 0.2) is 22.7 Å². The van der Waals surface area contributed by atoms with Crippen molar-refractivity contribution in [3.63, 3.8) is 0 Å². The van der Waals surface area contributed by atoms with Gasteiger partial charge in [-0.05, 0) is 43.4 Å². The summed E-state index contributed by atoms with van der Waals surface area (Å²) in [4.78, 5) is 0. The Bertz CT molecular complexity index is 471. The Morgan fingerprint density at radius 2 is 2.00 bits per heavy atom. The number of ether oxygens (including phenoxy) is 1. The van der Waals surface area contributed by atoms with E-state index in [9.17, 15) is 13.2 Å². The summed E-state index contributed by atoms with van der Waals surface area (Å²) in [6.07, 6.45) is -2.51. The molecule has 0 aliphatic heterocycles. The minimum absolute atomic E-state index is 0.101. The van der Waals surface area contributed by atoms with E-state index in [-0.39, 0.29) is 17.2 Å². The molecule has 1 N–H and O–H groups in total. The molecule has 0 radical (unpaired) electrons. The molecule has 1 aliphatic rings. The second-order valence-electron chi connectivity index (χ2n) is 5.21. The Morgan fingerprint density at radius 1 is 1.37 bits per heavy atom. The minimum Gasteiger partial charge on any atom is -0.404 e. The van der Waals surface area contributed by atoms with Crippen LogP contribution < -0.4 is 10.1 Å². The number of nitrogens with one attached hydrogen (secondary N) is 1. The van der Waals surface area contributed by atoms with E-state index in [1.165, 1.54) is 6.07 Å². The smallest absolute Gasteiger partial charge is 0.404 e. The number of benzene rings is 1. The van der Waals surface area contributed by atoms with E-state index in [1.54, 1.807) is 12.1 Å². The molecule has 1 aliphatic carbocycles. The zero-order valence-electron chi connectivity index (χ0n) is 10.6. The first-order valence-corrected chi connectivity index (χ1v) is 6.81. The van der Waals surface area contributed by atoms with Gasteiger partial charge in [-0.1, -0.05) is 22.9 Å². The third-order valence-electron chi connectivity index (χ3n) is 3.63. The van der Waals surface area contributed by atoms with Gasteiger partial charge in [-0.3, -0.25) is 0 Å². The van der Waals surface area contributed by atoms with E-state index in [4.69, 9.17) is 0 Å². The third-order valence-corrected chi connectivity index (χ3v) is 4.12. The quantitative estimate of drug-likeness (QED) is 0.839. The van der Waals surface area contributed by atoms with Crippen molar-refractivity contribution in [1.82, 2.24) is 0 Å². The van der Waals surface area contributed by atoms with Crippen molar-refractivity contribution >= 4 is 21.6 Å². The van der Waals surface area contributed by atoms with Gasteiger partial charge in [-0.25, -0.2) is 0 Å². The van der Waals surface area contributed by atoms with Crippen molar-refractivity contribution in [2.24, 2.45) is 5.41 Å². The van der Waals surface area contributed by atoms with E-state index in [0.717, 1.165) is 12.8 Å². The Hall–Kier alpha value is -0.910. The van der Waals surface area contributed by atoms with E-state index < -0.39 is 6.36 Å².